The molecule has 284 valence electrons. The highest BCUT2D eigenvalue weighted by molar-refractivity contribution is 6.09. The van der Waals surface area contributed by atoms with Crippen LogP contribution in [-0.2, 0) is 5.41 Å². The molecule has 0 saturated heterocycles. The van der Waals surface area contributed by atoms with Crippen LogP contribution in [0.2, 0.25) is 0 Å². The van der Waals surface area contributed by atoms with Crippen LogP contribution in [-0.4, -0.2) is 15.0 Å². The van der Waals surface area contributed by atoms with Gasteiger partial charge >= 0.3 is 0 Å². The third-order valence-corrected chi connectivity index (χ3v) is 12.6. The summed E-state index contributed by atoms with van der Waals surface area (Å²) in [5.41, 5.74) is 12.8. The van der Waals surface area contributed by atoms with Crippen LogP contribution in [0.15, 0.2) is 205 Å². The zero-order valence-corrected chi connectivity index (χ0v) is 32.7. The molecule has 5 heteroatoms. The Labute approximate surface area is 351 Å². The minimum atomic E-state index is -0.570. The summed E-state index contributed by atoms with van der Waals surface area (Å²) in [6.45, 7) is 0. The van der Waals surface area contributed by atoms with Gasteiger partial charge in [-0.15, -0.1) is 0 Å². The molecule has 1 aliphatic carbocycles. The maximum Gasteiger partial charge on any atom is 0.167 e. The van der Waals surface area contributed by atoms with Crippen LogP contribution in [0.4, 0.5) is 0 Å². The molecule has 11 aromatic rings. The summed E-state index contributed by atoms with van der Waals surface area (Å²) >= 11 is 0. The Morgan fingerprint density at radius 3 is 1.70 bits per heavy atom. The van der Waals surface area contributed by atoms with Gasteiger partial charge in [-0.25, -0.2) is 15.0 Å². The number of fused-ring (bicyclic) bond motifs is 13. The minimum Gasteiger partial charge on any atom is -0.457 e. The Morgan fingerprint density at radius 1 is 0.344 bits per heavy atom. The lowest BCUT2D eigenvalue weighted by Gasteiger charge is -2.39. The molecule has 1 aliphatic heterocycles. The molecule has 61 heavy (non-hydrogen) atoms. The lowest BCUT2D eigenvalue weighted by Crippen LogP contribution is -2.32. The highest BCUT2D eigenvalue weighted by Gasteiger charge is 2.51. The van der Waals surface area contributed by atoms with Crippen molar-refractivity contribution in [2.24, 2.45) is 0 Å². The van der Waals surface area contributed by atoms with Crippen LogP contribution in [0.3, 0.4) is 0 Å². The number of benzene rings is 9. The third kappa shape index (κ3) is 4.86. The first kappa shape index (κ1) is 33.8. The van der Waals surface area contributed by atoms with E-state index < -0.39 is 5.41 Å². The Hall–Kier alpha value is -8.15. The van der Waals surface area contributed by atoms with E-state index in [0.29, 0.717) is 17.5 Å². The summed E-state index contributed by atoms with van der Waals surface area (Å²) in [6, 6.07) is 70.1. The van der Waals surface area contributed by atoms with Gasteiger partial charge in [-0.2, -0.15) is 0 Å². The number of furan rings is 1. The van der Waals surface area contributed by atoms with E-state index in [2.05, 4.69) is 164 Å². The first-order valence-corrected chi connectivity index (χ1v) is 20.6. The van der Waals surface area contributed by atoms with Gasteiger partial charge in [-0.3, -0.25) is 0 Å². The average molecular weight is 780 g/mol. The van der Waals surface area contributed by atoms with E-state index in [0.717, 1.165) is 77.9 Å². The van der Waals surface area contributed by atoms with Gasteiger partial charge in [-0.05, 0) is 74.5 Å². The number of ether oxygens (including phenoxy) is 1. The molecule has 0 bridgehead atoms. The number of hydrogen-bond donors (Lipinski definition) is 0. The topological polar surface area (TPSA) is 61.0 Å². The molecule has 3 heterocycles. The van der Waals surface area contributed by atoms with Crippen molar-refractivity contribution in [3.8, 4) is 67.9 Å². The molecular weight excluding hydrogens is 747 g/mol. The monoisotopic (exact) mass is 779 g/mol. The van der Waals surface area contributed by atoms with Crippen molar-refractivity contribution in [3.05, 3.63) is 222 Å². The minimum absolute atomic E-state index is 0.544. The molecule has 0 unspecified atom stereocenters. The summed E-state index contributed by atoms with van der Waals surface area (Å²) in [5.74, 6) is 3.44. The normalized spacial score (nSPS) is 13.2. The van der Waals surface area contributed by atoms with Crippen molar-refractivity contribution in [2.45, 2.75) is 5.41 Å². The average Bonchev–Trinajstić information content (AvgIpc) is 3.85. The zero-order chi connectivity index (χ0) is 40.1. The van der Waals surface area contributed by atoms with Crippen LogP contribution in [0.25, 0.3) is 89.1 Å². The third-order valence-electron chi connectivity index (χ3n) is 12.6. The van der Waals surface area contributed by atoms with Gasteiger partial charge in [0.15, 0.2) is 17.5 Å². The number of hydrogen-bond acceptors (Lipinski definition) is 5. The van der Waals surface area contributed by atoms with E-state index in [4.69, 9.17) is 24.1 Å². The van der Waals surface area contributed by atoms with Gasteiger partial charge in [0.1, 0.15) is 22.7 Å². The summed E-state index contributed by atoms with van der Waals surface area (Å²) in [5, 5.41) is 4.41. The fourth-order valence-electron chi connectivity index (χ4n) is 10.0. The molecule has 0 radical (unpaired) electrons. The van der Waals surface area contributed by atoms with Gasteiger partial charge in [0.05, 0.1) is 11.0 Å². The fourth-order valence-corrected chi connectivity index (χ4v) is 10.0. The summed E-state index contributed by atoms with van der Waals surface area (Å²) < 4.78 is 13.2. The highest BCUT2D eigenvalue weighted by atomic mass is 16.5. The first-order valence-electron chi connectivity index (χ1n) is 20.6. The highest BCUT2D eigenvalue weighted by Crippen LogP contribution is 2.62. The van der Waals surface area contributed by atoms with Crippen molar-refractivity contribution in [1.82, 2.24) is 15.0 Å². The second-order valence-corrected chi connectivity index (χ2v) is 15.8. The van der Waals surface area contributed by atoms with Crippen molar-refractivity contribution in [2.75, 3.05) is 0 Å². The predicted octanol–water partition coefficient (Wildman–Crippen LogP) is 14.1. The van der Waals surface area contributed by atoms with E-state index in [-0.39, 0.29) is 0 Å². The lowest BCUT2D eigenvalue weighted by atomic mass is 9.66. The summed E-state index contributed by atoms with van der Waals surface area (Å²) in [4.78, 5) is 16.0. The van der Waals surface area contributed by atoms with E-state index in [9.17, 15) is 0 Å². The maximum absolute atomic E-state index is 6.58. The van der Waals surface area contributed by atoms with Crippen molar-refractivity contribution < 1.29 is 9.15 Å². The van der Waals surface area contributed by atoms with Gasteiger partial charge in [0, 0.05) is 33.0 Å². The number of aromatic nitrogens is 3. The maximum atomic E-state index is 6.58. The van der Waals surface area contributed by atoms with Crippen LogP contribution in [0.1, 0.15) is 22.3 Å². The molecule has 0 amide bonds. The smallest absolute Gasteiger partial charge is 0.167 e. The van der Waals surface area contributed by atoms with Gasteiger partial charge in [0.25, 0.3) is 0 Å². The second kappa shape index (κ2) is 12.9. The van der Waals surface area contributed by atoms with E-state index in [1.54, 1.807) is 0 Å². The van der Waals surface area contributed by atoms with Crippen LogP contribution in [0.5, 0.6) is 11.5 Å². The standard InChI is InChI=1S/C56H33N3O2/c1-2-17-36-34(15-1)16-13-22-37(36)38-18-3-4-21-42(38)54-57-53(58-55(59-54)43-24-14-23-41-40-20-6-10-28-49(40)61-52(41)43)35-31-32-46-44(33-35)39-19-5-7-25-45(39)56(46)47-26-8-11-29-50(47)60-51-30-12-9-27-48(51)56/h1-33H. The van der Waals surface area contributed by atoms with E-state index in [1.165, 1.54) is 27.5 Å². The lowest BCUT2D eigenvalue weighted by molar-refractivity contribution is 0.436. The SMILES string of the molecule is c1ccc2c(c1)Oc1ccccc1C21c2ccccc2-c2cc(-c3nc(-c4ccccc4-c4cccc5ccccc45)nc(-c4cccc5c4oc4ccccc45)n3)ccc21. The molecule has 2 aromatic heterocycles. The van der Waals surface area contributed by atoms with Crippen LogP contribution < -0.4 is 4.74 Å². The van der Waals surface area contributed by atoms with Gasteiger partial charge in [-0.1, -0.05) is 170 Å². The van der Waals surface area contributed by atoms with Crippen molar-refractivity contribution >= 4 is 32.7 Å². The molecule has 0 fully saturated rings. The van der Waals surface area contributed by atoms with Gasteiger partial charge in [0.2, 0.25) is 0 Å². The largest absolute Gasteiger partial charge is 0.457 e. The Kier molecular flexibility index (Phi) is 7.16. The molecule has 1 spiro atoms. The molecule has 0 saturated carbocycles. The van der Waals surface area contributed by atoms with Gasteiger partial charge < -0.3 is 9.15 Å². The molecule has 5 nitrogen and oxygen atoms in total. The Morgan fingerprint density at radius 2 is 0.885 bits per heavy atom. The molecule has 0 N–H and O–H groups in total. The van der Waals surface area contributed by atoms with Crippen LogP contribution in [0, 0.1) is 0 Å². The van der Waals surface area contributed by atoms with Crippen molar-refractivity contribution in [1.29, 1.82) is 0 Å². The number of nitrogens with zero attached hydrogens (tertiary/aromatic N) is 3. The molecule has 0 atom stereocenters. The number of rotatable bonds is 4. The molecular formula is C56H33N3O2. The van der Waals surface area contributed by atoms with E-state index in [1.807, 2.05) is 36.4 Å². The summed E-state index contributed by atoms with van der Waals surface area (Å²) in [7, 11) is 0. The van der Waals surface area contributed by atoms with Crippen molar-refractivity contribution in [3.63, 3.8) is 0 Å². The number of para-hydroxylation sites is 4. The van der Waals surface area contributed by atoms with E-state index >= 15 is 0 Å². The predicted molar refractivity (Wildman–Crippen MR) is 244 cm³/mol. The van der Waals surface area contributed by atoms with Crippen LogP contribution >= 0.6 is 0 Å². The molecule has 2 aliphatic rings. The second-order valence-electron chi connectivity index (χ2n) is 15.8. The Bertz CT molecular complexity index is 3550. The molecule has 9 aromatic carbocycles. The quantitative estimate of drug-likeness (QED) is 0.178. The first-order chi connectivity index (χ1) is 30.2. The molecule has 13 rings (SSSR count). The Balaban J connectivity index is 1.07. The summed E-state index contributed by atoms with van der Waals surface area (Å²) in [6.07, 6.45) is 0. The zero-order valence-electron chi connectivity index (χ0n) is 32.7. The fraction of sp³-hybridized carbons (Fsp3) is 0.0179.